The average molecular weight is 411 g/mol. The lowest BCUT2D eigenvalue weighted by molar-refractivity contribution is -0.135. The monoisotopic (exact) mass is 410 g/mol. The molecule has 1 heterocycles. The first-order chi connectivity index (χ1) is 13.3. The van der Waals surface area contributed by atoms with Crippen LogP contribution in [0.15, 0.2) is 30.3 Å². The van der Waals surface area contributed by atoms with Crippen LogP contribution in [0.1, 0.15) is 38.2 Å². The summed E-state index contributed by atoms with van der Waals surface area (Å²) < 4.78 is 28.3. The van der Waals surface area contributed by atoms with Gasteiger partial charge in [-0.05, 0) is 30.7 Å². The molecule has 2 amide bonds. The molecule has 2 unspecified atom stereocenters. The molecule has 8 heteroatoms. The number of hydrogen-bond acceptors (Lipinski definition) is 5. The Kier molecular flexibility index (Phi) is 8.29. The summed E-state index contributed by atoms with van der Waals surface area (Å²) in [6.07, 6.45) is 3.42. The minimum absolute atomic E-state index is 0.0331. The second kappa shape index (κ2) is 10.5. The number of amides is 2. The zero-order valence-electron chi connectivity index (χ0n) is 16.6. The summed E-state index contributed by atoms with van der Waals surface area (Å²) in [5, 5.41) is 2.57. The minimum atomic E-state index is -3.25. The van der Waals surface area contributed by atoms with Crippen molar-refractivity contribution in [3.8, 4) is 0 Å². The largest absolute Gasteiger partial charge is 0.445 e. The first-order valence-corrected chi connectivity index (χ1v) is 11.8. The van der Waals surface area contributed by atoms with Crippen molar-refractivity contribution in [1.82, 2.24) is 10.2 Å². The summed E-state index contributed by atoms with van der Waals surface area (Å²) >= 11 is 0. The first-order valence-electron chi connectivity index (χ1n) is 9.72. The maximum Gasteiger partial charge on any atom is 0.408 e. The molecule has 1 aliphatic heterocycles. The lowest BCUT2D eigenvalue weighted by Crippen LogP contribution is -2.51. The standard InChI is InChI=1S/C20H30N2O5S/c1-3-16-10-7-12-22(14-16)19(23)18(11-13-28(2,25)26)21-20(24)27-15-17-8-5-4-6-9-17/h4-6,8-9,16,18H,3,7,10-15H2,1-2H3,(H,21,24). The normalized spacial score (nSPS) is 18.4. The lowest BCUT2D eigenvalue weighted by Gasteiger charge is -2.34. The Morgan fingerprint density at radius 2 is 2.00 bits per heavy atom. The van der Waals surface area contributed by atoms with Gasteiger partial charge < -0.3 is 15.0 Å². The number of sulfone groups is 1. The van der Waals surface area contributed by atoms with E-state index in [9.17, 15) is 18.0 Å². The predicted octanol–water partition coefficient (Wildman–Crippen LogP) is 2.36. The van der Waals surface area contributed by atoms with Gasteiger partial charge in [-0.15, -0.1) is 0 Å². The molecule has 1 aromatic carbocycles. The van der Waals surface area contributed by atoms with E-state index in [1.807, 2.05) is 30.3 Å². The first kappa shape index (κ1) is 22.2. The van der Waals surface area contributed by atoms with E-state index in [4.69, 9.17) is 4.74 Å². The van der Waals surface area contributed by atoms with Crippen LogP contribution in [0, 0.1) is 5.92 Å². The molecule has 0 radical (unpaired) electrons. The predicted molar refractivity (Wildman–Crippen MR) is 107 cm³/mol. The van der Waals surface area contributed by atoms with Crippen LogP contribution in [0.25, 0.3) is 0 Å². The number of alkyl carbamates (subject to hydrolysis) is 1. The Balaban J connectivity index is 1.99. The van der Waals surface area contributed by atoms with Gasteiger partial charge in [-0.3, -0.25) is 4.79 Å². The van der Waals surface area contributed by atoms with Crippen molar-refractivity contribution >= 4 is 21.8 Å². The summed E-state index contributed by atoms with van der Waals surface area (Å²) in [4.78, 5) is 26.9. The Labute approximate surface area is 167 Å². The summed E-state index contributed by atoms with van der Waals surface area (Å²) in [5.74, 6) is 0.0321. The average Bonchev–Trinajstić information content (AvgIpc) is 2.69. The van der Waals surface area contributed by atoms with E-state index in [2.05, 4.69) is 12.2 Å². The van der Waals surface area contributed by atoms with E-state index in [1.54, 1.807) is 4.90 Å². The van der Waals surface area contributed by atoms with Crippen LogP contribution in [0.4, 0.5) is 4.79 Å². The van der Waals surface area contributed by atoms with Gasteiger partial charge in [0.2, 0.25) is 5.91 Å². The molecule has 2 rings (SSSR count). The number of rotatable bonds is 8. The van der Waals surface area contributed by atoms with Gasteiger partial charge in [0.25, 0.3) is 0 Å². The summed E-state index contributed by atoms with van der Waals surface area (Å²) in [6, 6.07) is 8.31. The van der Waals surface area contributed by atoms with Crippen molar-refractivity contribution in [2.45, 2.75) is 45.3 Å². The number of carbonyl (C=O) groups is 2. The lowest BCUT2D eigenvalue weighted by atomic mass is 9.95. The molecule has 1 aliphatic rings. The number of likely N-dealkylation sites (tertiary alicyclic amines) is 1. The summed E-state index contributed by atoms with van der Waals surface area (Å²) in [5.41, 5.74) is 0.832. The maximum absolute atomic E-state index is 12.9. The van der Waals surface area contributed by atoms with Gasteiger partial charge in [0.1, 0.15) is 22.5 Å². The number of piperidine rings is 1. The smallest absolute Gasteiger partial charge is 0.408 e. The van der Waals surface area contributed by atoms with Crippen molar-refractivity contribution in [2.75, 3.05) is 25.1 Å². The third kappa shape index (κ3) is 7.50. The molecule has 156 valence electrons. The molecule has 0 bridgehead atoms. The van der Waals surface area contributed by atoms with Crippen LogP contribution in [0.2, 0.25) is 0 Å². The highest BCUT2D eigenvalue weighted by atomic mass is 32.2. The fraction of sp³-hybridized carbons (Fsp3) is 0.600. The SMILES string of the molecule is CCC1CCCN(C(=O)C(CCS(C)(=O)=O)NC(=O)OCc2ccccc2)C1. The number of ether oxygens (including phenoxy) is 1. The Hall–Kier alpha value is -2.09. The van der Waals surface area contributed by atoms with Crippen LogP contribution in [-0.2, 0) is 26.0 Å². The van der Waals surface area contributed by atoms with Gasteiger partial charge in [-0.1, -0.05) is 43.7 Å². The molecule has 28 heavy (non-hydrogen) atoms. The highest BCUT2D eigenvalue weighted by Gasteiger charge is 2.30. The van der Waals surface area contributed by atoms with Crippen LogP contribution in [0.5, 0.6) is 0 Å². The number of carbonyl (C=O) groups excluding carboxylic acids is 2. The molecular weight excluding hydrogens is 380 g/mol. The third-order valence-electron chi connectivity index (χ3n) is 4.99. The maximum atomic E-state index is 12.9. The van der Waals surface area contributed by atoms with Gasteiger partial charge in [-0.2, -0.15) is 0 Å². The summed E-state index contributed by atoms with van der Waals surface area (Å²) in [6.45, 7) is 3.46. The molecule has 1 saturated heterocycles. The van der Waals surface area contributed by atoms with E-state index in [1.165, 1.54) is 0 Å². The number of nitrogens with one attached hydrogen (secondary N) is 1. The number of hydrogen-bond donors (Lipinski definition) is 1. The van der Waals surface area contributed by atoms with Crippen molar-refractivity contribution in [2.24, 2.45) is 5.92 Å². The van der Waals surface area contributed by atoms with Gasteiger partial charge in [0, 0.05) is 19.3 Å². The van der Waals surface area contributed by atoms with Gasteiger partial charge in [0.05, 0.1) is 5.75 Å². The van der Waals surface area contributed by atoms with Gasteiger partial charge >= 0.3 is 6.09 Å². The van der Waals surface area contributed by atoms with E-state index in [0.29, 0.717) is 19.0 Å². The van der Waals surface area contributed by atoms with Gasteiger partial charge in [0.15, 0.2) is 0 Å². The molecule has 0 aliphatic carbocycles. The molecule has 7 nitrogen and oxygen atoms in total. The zero-order chi connectivity index (χ0) is 20.6. The molecule has 1 fully saturated rings. The fourth-order valence-corrected chi connectivity index (χ4v) is 3.98. The highest BCUT2D eigenvalue weighted by Crippen LogP contribution is 2.20. The fourth-order valence-electron chi connectivity index (χ4n) is 3.32. The van der Waals surface area contributed by atoms with Crippen molar-refractivity contribution in [3.05, 3.63) is 35.9 Å². The van der Waals surface area contributed by atoms with Crippen LogP contribution >= 0.6 is 0 Å². The molecule has 2 atom stereocenters. The molecular formula is C20H30N2O5S. The second-order valence-corrected chi connectivity index (χ2v) is 9.64. The topological polar surface area (TPSA) is 92.8 Å². The van der Waals surface area contributed by atoms with E-state index in [0.717, 1.165) is 31.1 Å². The summed E-state index contributed by atoms with van der Waals surface area (Å²) in [7, 11) is -3.25. The minimum Gasteiger partial charge on any atom is -0.445 e. The van der Waals surface area contributed by atoms with E-state index < -0.39 is 22.0 Å². The number of benzene rings is 1. The van der Waals surface area contributed by atoms with Gasteiger partial charge in [-0.25, -0.2) is 13.2 Å². The van der Waals surface area contributed by atoms with Crippen molar-refractivity contribution in [1.29, 1.82) is 0 Å². The molecule has 0 saturated carbocycles. The molecule has 1 N–H and O–H groups in total. The molecule has 0 aromatic heterocycles. The zero-order valence-corrected chi connectivity index (χ0v) is 17.4. The molecule has 0 spiro atoms. The Bertz CT molecular complexity index is 751. The number of nitrogens with zero attached hydrogens (tertiary/aromatic N) is 1. The van der Waals surface area contributed by atoms with Crippen LogP contribution in [-0.4, -0.2) is 56.5 Å². The molecule has 1 aromatic rings. The van der Waals surface area contributed by atoms with Crippen molar-refractivity contribution in [3.63, 3.8) is 0 Å². The van der Waals surface area contributed by atoms with Crippen LogP contribution in [0.3, 0.4) is 0 Å². The van der Waals surface area contributed by atoms with Crippen molar-refractivity contribution < 1.29 is 22.7 Å². The second-order valence-electron chi connectivity index (χ2n) is 7.38. The van der Waals surface area contributed by atoms with E-state index in [-0.39, 0.29) is 24.7 Å². The van der Waals surface area contributed by atoms with Crippen LogP contribution < -0.4 is 5.32 Å². The highest BCUT2D eigenvalue weighted by molar-refractivity contribution is 7.90. The van der Waals surface area contributed by atoms with E-state index >= 15 is 0 Å². The quantitative estimate of drug-likeness (QED) is 0.710. The third-order valence-corrected chi connectivity index (χ3v) is 5.97. The Morgan fingerprint density at radius 1 is 1.29 bits per heavy atom. The Morgan fingerprint density at radius 3 is 2.64 bits per heavy atom.